The quantitative estimate of drug-likeness (QED) is 0.265. The molecule has 0 spiro atoms. The maximum absolute atomic E-state index is 12.8. The molecule has 2 aliphatic rings. The summed E-state index contributed by atoms with van der Waals surface area (Å²) in [4.78, 5) is 48.6. The molecule has 11 heteroatoms. The van der Waals surface area contributed by atoms with Crippen molar-refractivity contribution < 1.29 is 37.1 Å². The SMILES string of the molecule is C=CCOC(=O)C1=C(C)C(=C=O)S(=O)(=O)[C@@H]2[C@H](NC(=O)COc3ccccc3)C(=O)N12. The lowest BCUT2D eigenvalue weighted by Gasteiger charge is -2.48. The number of para-hydroxylation sites is 1. The van der Waals surface area contributed by atoms with Gasteiger partial charge in [-0.25, -0.2) is 18.0 Å². The van der Waals surface area contributed by atoms with Crippen LogP contribution in [0.15, 0.2) is 59.2 Å². The molecule has 0 bridgehead atoms. The van der Waals surface area contributed by atoms with Crippen LogP contribution in [0, 0.1) is 0 Å². The van der Waals surface area contributed by atoms with Gasteiger partial charge in [0, 0.05) is 5.57 Å². The van der Waals surface area contributed by atoms with Crippen molar-refractivity contribution in [3.8, 4) is 5.75 Å². The molecule has 162 valence electrons. The Labute approximate surface area is 177 Å². The van der Waals surface area contributed by atoms with Gasteiger partial charge in [0.15, 0.2) is 16.9 Å². The minimum Gasteiger partial charge on any atom is -0.484 e. The summed E-state index contributed by atoms with van der Waals surface area (Å²) < 4.78 is 35.9. The number of benzene rings is 1. The number of amides is 2. The summed E-state index contributed by atoms with van der Waals surface area (Å²) in [5, 5.41) is 0.611. The average Bonchev–Trinajstić information content (AvgIpc) is 2.74. The van der Waals surface area contributed by atoms with Crippen molar-refractivity contribution in [2.45, 2.75) is 18.3 Å². The third kappa shape index (κ3) is 3.88. The zero-order valence-corrected chi connectivity index (χ0v) is 17.2. The summed E-state index contributed by atoms with van der Waals surface area (Å²) >= 11 is 0. The monoisotopic (exact) mass is 446 g/mol. The first-order chi connectivity index (χ1) is 14.7. The molecular weight excluding hydrogens is 428 g/mol. The molecule has 1 fully saturated rings. The highest BCUT2D eigenvalue weighted by atomic mass is 32.2. The molecule has 2 heterocycles. The maximum Gasteiger partial charge on any atom is 0.355 e. The fraction of sp³-hybridized carbons (Fsp3) is 0.250. The molecule has 0 unspecified atom stereocenters. The van der Waals surface area contributed by atoms with Gasteiger partial charge in [0.25, 0.3) is 11.8 Å². The number of nitrogens with zero attached hydrogens (tertiary/aromatic N) is 1. The van der Waals surface area contributed by atoms with E-state index in [4.69, 9.17) is 9.47 Å². The average molecular weight is 446 g/mol. The summed E-state index contributed by atoms with van der Waals surface area (Å²) in [6.45, 7) is 3.94. The van der Waals surface area contributed by atoms with Gasteiger partial charge in [-0.2, -0.15) is 0 Å². The summed E-state index contributed by atoms with van der Waals surface area (Å²) in [6, 6.07) is 6.88. The molecule has 3 rings (SSSR count). The Morgan fingerprint density at radius 2 is 1.97 bits per heavy atom. The van der Waals surface area contributed by atoms with E-state index >= 15 is 0 Å². The number of nitrogens with one attached hydrogen (secondary N) is 1. The van der Waals surface area contributed by atoms with Crippen LogP contribution in [-0.4, -0.2) is 61.7 Å². The van der Waals surface area contributed by atoms with E-state index < -0.39 is 56.2 Å². The van der Waals surface area contributed by atoms with Crippen molar-refractivity contribution in [1.82, 2.24) is 10.2 Å². The number of allylic oxidation sites excluding steroid dienone is 1. The van der Waals surface area contributed by atoms with Crippen LogP contribution in [-0.2, 0) is 33.8 Å². The molecule has 0 aliphatic carbocycles. The Bertz CT molecular complexity index is 1130. The largest absolute Gasteiger partial charge is 0.484 e. The van der Waals surface area contributed by atoms with Crippen molar-refractivity contribution >= 4 is 33.6 Å². The number of rotatable bonds is 7. The van der Waals surface area contributed by atoms with Crippen LogP contribution in [0.2, 0.25) is 0 Å². The first-order valence-electron chi connectivity index (χ1n) is 9.02. The predicted octanol–water partition coefficient (Wildman–Crippen LogP) is -0.134. The number of carbonyl (C=O) groups is 3. The molecule has 0 aromatic heterocycles. The van der Waals surface area contributed by atoms with E-state index in [-0.39, 0.29) is 12.2 Å². The Morgan fingerprint density at radius 1 is 1.29 bits per heavy atom. The fourth-order valence-electron chi connectivity index (χ4n) is 3.24. The van der Waals surface area contributed by atoms with Crippen molar-refractivity contribution in [2.75, 3.05) is 13.2 Å². The van der Waals surface area contributed by atoms with Crippen molar-refractivity contribution in [2.24, 2.45) is 0 Å². The number of fused-ring (bicyclic) bond motifs is 1. The van der Waals surface area contributed by atoms with E-state index in [1.165, 1.54) is 18.9 Å². The highest BCUT2D eigenvalue weighted by Gasteiger charge is 2.62. The van der Waals surface area contributed by atoms with Gasteiger partial charge in [-0.1, -0.05) is 30.9 Å². The number of β-lactam (4-membered cyclic amide) rings is 1. The molecule has 1 N–H and O–H groups in total. The summed E-state index contributed by atoms with van der Waals surface area (Å²) in [5.74, 6) is -0.868. The molecule has 0 radical (unpaired) electrons. The lowest BCUT2D eigenvalue weighted by molar-refractivity contribution is -0.152. The third-order valence-electron chi connectivity index (χ3n) is 4.63. The Balaban J connectivity index is 1.84. The molecule has 31 heavy (non-hydrogen) atoms. The first kappa shape index (κ1) is 22.0. The van der Waals surface area contributed by atoms with E-state index in [0.29, 0.717) is 10.6 Å². The van der Waals surface area contributed by atoms with Gasteiger partial charge in [0.2, 0.25) is 9.84 Å². The Kier molecular flexibility index (Phi) is 6.09. The lowest BCUT2D eigenvalue weighted by Crippen LogP contribution is -2.74. The Hall–Kier alpha value is -3.69. The number of hydrogen-bond acceptors (Lipinski definition) is 8. The highest BCUT2D eigenvalue weighted by Crippen LogP contribution is 2.41. The molecule has 10 nitrogen and oxygen atoms in total. The van der Waals surface area contributed by atoms with Crippen LogP contribution in [0.1, 0.15) is 6.92 Å². The molecule has 2 aliphatic heterocycles. The van der Waals surface area contributed by atoms with Crippen LogP contribution in [0.3, 0.4) is 0 Å². The molecule has 1 saturated heterocycles. The van der Waals surface area contributed by atoms with E-state index in [1.807, 2.05) is 0 Å². The van der Waals surface area contributed by atoms with Gasteiger partial charge in [-0.3, -0.25) is 14.5 Å². The molecular formula is C20H18N2O8S. The number of sulfone groups is 1. The smallest absolute Gasteiger partial charge is 0.355 e. The van der Waals surface area contributed by atoms with Crippen LogP contribution < -0.4 is 10.1 Å². The topological polar surface area (TPSA) is 136 Å². The summed E-state index contributed by atoms with van der Waals surface area (Å²) in [5.41, 5.74) is -0.651. The molecule has 1 aromatic carbocycles. The first-order valence-corrected chi connectivity index (χ1v) is 10.6. The highest BCUT2D eigenvalue weighted by molar-refractivity contribution is 7.96. The Morgan fingerprint density at radius 3 is 2.58 bits per heavy atom. The van der Waals surface area contributed by atoms with Crippen LogP contribution in [0.4, 0.5) is 0 Å². The third-order valence-corrected chi connectivity index (χ3v) is 6.71. The van der Waals surface area contributed by atoms with Gasteiger partial charge in [0.05, 0.1) is 0 Å². The number of esters is 1. The van der Waals surface area contributed by atoms with Gasteiger partial charge < -0.3 is 14.8 Å². The van der Waals surface area contributed by atoms with Crippen LogP contribution in [0.25, 0.3) is 0 Å². The standard InChI is InChI=1S/C20H18N2O8S/c1-3-9-29-20(26)17-12(2)14(10-23)31(27,28)19-16(18(25)22(17)19)21-15(24)11-30-13-7-5-4-6-8-13/h3-8,16,19H,1,9,11H2,2H3,(H,21,24)/t16-,19-/m1/s1. The predicted molar refractivity (Wildman–Crippen MR) is 106 cm³/mol. The van der Waals surface area contributed by atoms with E-state index in [9.17, 15) is 27.6 Å². The molecule has 0 saturated carbocycles. The zero-order chi connectivity index (χ0) is 22.8. The zero-order valence-electron chi connectivity index (χ0n) is 16.4. The minimum absolute atomic E-state index is 0.188. The minimum atomic E-state index is -4.39. The van der Waals surface area contributed by atoms with Crippen molar-refractivity contribution in [1.29, 1.82) is 0 Å². The summed E-state index contributed by atoms with van der Waals surface area (Å²) in [6.07, 6.45) is 1.29. The number of ether oxygens (including phenoxy) is 2. The summed E-state index contributed by atoms with van der Waals surface area (Å²) in [7, 11) is -4.39. The van der Waals surface area contributed by atoms with Gasteiger partial charge in [-0.15, -0.1) is 0 Å². The van der Waals surface area contributed by atoms with Gasteiger partial charge in [0.1, 0.15) is 30.0 Å². The second kappa shape index (κ2) is 8.58. The number of carbonyl (C=O) groups excluding carboxylic acids is 4. The van der Waals surface area contributed by atoms with E-state index in [0.717, 1.165) is 0 Å². The van der Waals surface area contributed by atoms with Crippen LogP contribution in [0.5, 0.6) is 5.75 Å². The molecule has 2 amide bonds. The van der Waals surface area contributed by atoms with E-state index in [1.54, 1.807) is 30.3 Å². The molecule has 2 atom stereocenters. The normalized spacial score (nSPS) is 21.4. The lowest BCUT2D eigenvalue weighted by atomic mass is 10.0. The second-order valence-electron chi connectivity index (χ2n) is 6.58. The van der Waals surface area contributed by atoms with Gasteiger partial charge >= 0.3 is 5.97 Å². The van der Waals surface area contributed by atoms with E-state index in [2.05, 4.69) is 11.9 Å². The maximum atomic E-state index is 12.8. The van der Waals surface area contributed by atoms with Gasteiger partial charge in [-0.05, 0) is 19.1 Å². The fourth-order valence-corrected chi connectivity index (χ4v) is 5.16. The van der Waals surface area contributed by atoms with Crippen molar-refractivity contribution in [3.05, 3.63) is 59.2 Å². The second-order valence-corrected chi connectivity index (χ2v) is 8.56. The van der Waals surface area contributed by atoms with Crippen molar-refractivity contribution in [3.63, 3.8) is 0 Å². The van der Waals surface area contributed by atoms with Crippen LogP contribution >= 0.6 is 0 Å². The molecule has 1 aromatic rings. The number of hydrogen-bond donors (Lipinski definition) is 1.